The van der Waals surface area contributed by atoms with Crippen LogP contribution < -0.4 is 0 Å². The normalized spacial score (nSPS) is 11.7. The van der Waals surface area contributed by atoms with Crippen molar-refractivity contribution in [1.82, 2.24) is 24.5 Å². The molecule has 0 saturated heterocycles. The van der Waals surface area contributed by atoms with Gasteiger partial charge in [0.1, 0.15) is 5.69 Å². The van der Waals surface area contributed by atoms with Crippen LogP contribution in [0.2, 0.25) is 0 Å². The van der Waals surface area contributed by atoms with Gasteiger partial charge in [-0.15, -0.1) is 5.10 Å². The van der Waals surface area contributed by atoms with E-state index in [2.05, 4.69) is 15.3 Å². The number of hydrogen-bond acceptors (Lipinski definition) is 6. The van der Waals surface area contributed by atoms with Crippen LogP contribution in [0.1, 0.15) is 17.4 Å². The molecular weight excluding hydrogens is 298 g/mol. The average Bonchev–Trinajstić information content (AvgIpc) is 3.02. The summed E-state index contributed by atoms with van der Waals surface area (Å²) in [6.07, 6.45) is 3.00. The largest absolute Gasteiger partial charge is 0.476 e. The van der Waals surface area contributed by atoms with Crippen molar-refractivity contribution in [1.29, 1.82) is 0 Å². The molecule has 0 aliphatic carbocycles. The molecule has 0 saturated carbocycles. The second-order valence-electron chi connectivity index (χ2n) is 4.44. The second kappa shape index (κ2) is 5.64. The fraction of sp³-hybridized carbons (Fsp3) is 0.455. The molecule has 0 unspecified atom stereocenters. The van der Waals surface area contributed by atoms with Gasteiger partial charge >= 0.3 is 5.97 Å². The summed E-state index contributed by atoms with van der Waals surface area (Å²) in [6.45, 7) is 1.60. The van der Waals surface area contributed by atoms with E-state index in [0.717, 1.165) is 0 Å². The number of aromatic carboxylic acids is 1. The molecule has 0 amide bonds. The van der Waals surface area contributed by atoms with E-state index >= 15 is 0 Å². The minimum absolute atomic E-state index is 0.0223. The number of carbonyl (C=O) groups is 1. The zero-order chi connectivity index (χ0) is 15.6. The summed E-state index contributed by atoms with van der Waals surface area (Å²) < 4.78 is 26.1. The fourth-order valence-electron chi connectivity index (χ4n) is 1.82. The molecule has 0 aliphatic heterocycles. The Labute approximate surface area is 121 Å². The topological polar surface area (TPSA) is 120 Å². The Balaban J connectivity index is 2.44. The number of sulfone groups is 1. The molecule has 21 heavy (non-hydrogen) atoms. The predicted octanol–water partition coefficient (Wildman–Crippen LogP) is -0.189. The van der Waals surface area contributed by atoms with Crippen LogP contribution in [-0.4, -0.2) is 55.5 Å². The zero-order valence-corrected chi connectivity index (χ0v) is 12.4. The molecule has 0 bridgehead atoms. The molecule has 2 heterocycles. The third kappa shape index (κ3) is 3.10. The van der Waals surface area contributed by atoms with E-state index in [1.807, 2.05) is 0 Å². The molecule has 2 aromatic rings. The third-order valence-corrected chi connectivity index (χ3v) is 4.74. The van der Waals surface area contributed by atoms with Crippen molar-refractivity contribution in [3.05, 3.63) is 18.2 Å². The van der Waals surface area contributed by atoms with Crippen molar-refractivity contribution in [2.24, 2.45) is 7.05 Å². The van der Waals surface area contributed by atoms with Gasteiger partial charge in [0.15, 0.2) is 15.5 Å². The fourth-order valence-corrected chi connectivity index (χ4v) is 2.56. The van der Waals surface area contributed by atoms with Crippen LogP contribution in [-0.2, 0) is 23.4 Å². The SMILES string of the molecule is CCS(=O)(=O)CCn1nnc(C(=O)O)c1-c1cncn1C. The molecule has 0 aliphatic rings. The highest BCUT2D eigenvalue weighted by Gasteiger charge is 2.23. The van der Waals surface area contributed by atoms with Gasteiger partial charge in [0.05, 0.1) is 30.5 Å². The predicted molar refractivity (Wildman–Crippen MR) is 73.5 cm³/mol. The lowest BCUT2D eigenvalue weighted by Crippen LogP contribution is -2.17. The Kier molecular flexibility index (Phi) is 4.07. The molecule has 2 aromatic heterocycles. The highest BCUT2D eigenvalue weighted by molar-refractivity contribution is 7.91. The number of imidazole rings is 1. The monoisotopic (exact) mass is 313 g/mol. The maximum absolute atomic E-state index is 11.6. The lowest BCUT2D eigenvalue weighted by molar-refractivity contribution is 0.0691. The Morgan fingerprint density at radius 2 is 2.14 bits per heavy atom. The Hall–Kier alpha value is -2.23. The van der Waals surface area contributed by atoms with E-state index in [9.17, 15) is 18.3 Å². The van der Waals surface area contributed by atoms with Crippen molar-refractivity contribution < 1.29 is 18.3 Å². The molecule has 114 valence electrons. The molecule has 0 radical (unpaired) electrons. The molecule has 1 N–H and O–H groups in total. The summed E-state index contributed by atoms with van der Waals surface area (Å²) in [5.74, 6) is -1.33. The summed E-state index contributed by atoms with van der Waals surface area (Å²) >= 11 is 0. The van der Waals surface area contributed by atoms with Crippen LogP contribution in [0.4, 0.5) is 0 Å². The van der Waals surface area contributed by atoms with Gasteiger partial charge in [0.25, 0.3) is 0 Å². The van der Waals surface area contributed by atoms with Gasteiger partial charge in [-0.1, -0.05) is 12.1 Å². The minimum Gasteiger partial charge on any atom is -0.476 e. The Morgan fingerprint density at radius 1 is 1.43 bits per heavy atom. The maximum atomic E-state index is 11.6. The van der Waals surface area contributed by atoms with Gasteiger partial charge < -0.3 is 9.67 Å². The number of carboxylic acid groups (broad SMARTS) is 1. The van der Waals surface area contributed by atoms with Crippen molar-refractivity contribution in [3.8, 4) is 11.4 Å². The first kappa shape index (κ1) is 15.2. The standard InChI is InChI=1S/C11H15N5O4S/c1-3-21(19,20)5-4-16-10(8-6-12-7-15(8)2)9(11(17)18)13-14-16/h6-7H,3-5H2,1-2H3,(H,17,18). The van der Waals surface area contributed by atoms with Gasteiger partial charge in [-0.3, -0.25) is 0 Å². The van der Waals surface area contributed by atoms with E-state index in [4.69, 9.17) is 0 Å². The van der Waals surface area contributed by atoms with E-state index in [0.29, 0.717) is 5.69 Å². The lowest BCUT2D eigenvalue weighted by atomic mass is 10.2. The first-order valence-electron chi connectivity index (χ1n) is 6.19. The van der Waals surface area contributed by atoms with E-state index in [1.54, 1.807) is 18.5 Å². The number of aromatic nitrogens is 5. The summed E-state index contributed by atoms with van der Waals surface area (Å²) in [4.78, 5) is 15.2. The van der Waals surface area contributed by atoms with Crippen molar-refractivity contribution in [2.45, 2.75) is 13.5 Å². The van der Waals surface area contributed by atoms with Crippen LogP contribution >= 0.6 is 0 Å². The van der Waals surface area contributed by atoms with Gasteiger partial charge in [0.2, 0.25) is 0 Å². The molecular formula is C11H15N5O4S. The minimum atomic E-state index is -3.18. The molecule has 0 fully saturated rings. The summed E-state index contributed by atoms with van der Waals surface area (Å²) in [6, 6.07) is 0. The number of rotatable bonds is 6. The van der Waals surface area contributed by atoms with Crippen molar-refractivity contribution in [2.75, 3.05) is 11.5 Å². The van der Waals surface area contributed by atoms with Crippen molar-refractivity contribution in [3.63, 3.8) is 0 Å². The molecule has 0 atom stereocenters. The van der Waals surface area contributed by atoms with Gasteiger partial charge in [0, 0.05) is 12.8 Å². The first-order valence-corrected chi connectivity index (χ1v) is 8.01. The van der Waals surface area contributed by atoms with Crippen LogP contribution in [0.3, 0.4) is 0 Å². The number of hydrogen-bond donors (Lipinski definition) is 1. The molecule has 10 heteroatoms. The summed E-state index contributed by atoms with van der Waals surface area (Å²) in [7, 11) is -1.48. The maximum Gasteiger partial charge on any atom is 0.358 e. The number of carboxylic acids is 1. The number of aryl methyl sites for hydroxylation is 2. The molecule has 0 aromatic carbocycles. The van der Waals surface area contributed by atoms with Crippen molar-refractivity contribution >= 4 is 15.8 Å². The lowest BCUT2D eigenvalue weighted by Gasteiger charge is -2.07. The zero-order valence-electron chi connectivity index (χ0n) is 11.6. The molecule has 2 rings (SSSR count). The van der Waals surface area contributed by atoms with E-state index in [-0.39, 0.29) is 29.4 Å². The molecule has 0 spiro atoms. The van der Waals surface area contributed by atoms with E-state index < -0.39 is 15.8 Å². The first-order chi connectivity index (χ1) is 9.85. The van der Waals surface area contributed by atoms with Crippen LogP contribution in [0.15, 0.2) is 12.5 Å². The smallest absolute Gasteiger partial charge is 0.358 e. The third-order valence-electron chi connectivity index (χ3n) is 3.05. The quantitative estimate of drug-likeness (QED) is 0.784. The van der Waals surface area contributed by atoms with Gasteiger partial charge in [-0.25, -0.2) is 22.9 Å². The second-order valence-corrected chi connectivity index (χ2v) is 6.91. The number of nitrogens with zero attached hydrogens (tertiary/aromatic N) is 5. The summed E-state index contributed by atoms with van der Waals surface area (Å²) in [5.41, 5.74) is 0.521. The van der Waals surface area contributed by atoms with Gasteiger partial charge in [-0.05, 0) is 0 Å². The molecule has 9 nitrogen and oxygen atoms in total. The van der Waals surface area contributed by atoms with E-state index in [1.165, 1.54) is 17.2 Å². The Morgan fingerprint density at radius 3 is 2.67 bits per heavy atom. The highest BCUT2D eigenvalue weighted by atomic mass is 32.2. The highest BCUT2D eigenvalue weighted by Crippen LogP contribution is 2.21. The van der Waals surface area contributed by atoms with Crippen LogP contribution in [0, 0.1) is 0 Å². The Bertz CT molecular complexity index is 761. The van der Waals surface area contributed by atoms with Crippen LogP contribution in [0.25, 0.3) is 11.4 Å². The average molecular weight is 313 g/mol. The van der Waals surface area contributed by atoms with Gasteiger partial charge in [-0.2, -0.15) is 0 Å². The van der Waals surface area contributed by atoms with Crippen LogP contribution in [0.5, 0.6) is 0 Å². The summed E-state index contributed by atoms with van der Waals surface area (Å²) in [5, 5.41) is 16.5.